The van der Waals surface area contributed by atoms with E-state index in [0.717, 1.165) is 32.1 Å². The van der Waals surface area contributed by atoms with E-state index in [-0.39, 0.29) is 18.0 Å². The van der Waals surface area contributed by atoms with Crippen LogP contribution >= 0.6 is 0 Å². The van der Waals surface area contributed by atoms with E-state index in [1.54, 1.807) is 0 Å². The highest BCUT2D eigenvalue weighted by atomic mass is 16.6. The van der Waals surface area contributed by atoms with Crippen LogP contribution in [-0.2, 0) is 23.8 Å². The van der Waals surface area contributed by atoms with E-state index in [0.29, 0.717) is 26.1 Å². The lowest BCUT2D eigenvalue weighted by Crippen LogP contribution is -2.66. The number of carbonyl (C=O) groups is 2. The van der Waals surface area contributed by atoms with Gasteiger partial charge in [-0.25, -0.2) is 4.79 Å². The molecule has 5 nitrogen and oxygen atoms in total. The lowest BCUT2D eigenvalue weighted by Gasteiger charge is -2.53. The summed E-state index contributed by atoms with van der Waals surface area (Å²) >= 11 is 0. The van der Waals surface area contributed by atoms with Crippen LogP contribution in [0.25, 0.3) is 0 Å². The third-order valence-electron chi connectivity index (χ3n) is 10.9. The fourth-order valence-corrected chi connectivity index (χ4v) is 7.69. The van der Waals surface area contributed by atoms with Gasteiger partial charge >= 0.3 is 11.9 Å². The highest BCUT2D eigenvalue weighted by Crippen LogP contribution is 2.49. The summed E-state index contributed by atoms with van der Waals surface area (Å²) in [4.78, 5) is 26.1. The summed E-state index contributed by atoms with van der Waals surface area (Å²) in [5.41, 5.74) is -1.09. The van der Waals surface area contributed by atoms with Gasteiger partial charge in [-0.15, -0.1) is 0 Å². The van der Waals surface area contributed by atoms with Crippen LogP contribution in [0.4, 0.5) is 0 Å². The third-order valence-corrected chi connectivity index (χ3v) is 10.9. The number of hydrogen-bond acceptors (Lipinski definition) is 5. The molecule has 1 aliphatic carbocycles. The van der Waals surface area contributed by atoms with Crippen LogP contribution in [-0.4, -0.2) is 36.9 Å². The van der Waals surface area contributed by atoms with Gasteiger partial charge in [0.05, 0.1) is 25.2 Å². The Labute approximate surface area is 291 Å². The zero-order valence-corrected chi connectivity index (χ0v) is 31.4. The molecule has 0 aromatic carbocycles. The minimum atomic E-state index is -1.09. The molecule has 3 rings (SSSR count). The number of carbonyl (C=O) groups excluding carboxylic acids is 2. The molecule has 0 amide bonds. The lowest BCUT2D eigenvalue weighted by molar-refractivity contribution is -0.268. The molecule has 276 valence electrons. The first-order valence-corrected chi connectivity index (χ1v) is 21.2. The molecule has 0 N–H and O–H groups in total. The number of ether oxygens (including phenoxy) is 3. The Kier molecular flexibility index (Phi) is 25.7. The molecule has 3 aliphatic rings. The minimum Gasteiger partial charge on any atom is -0.465 e. The molecule has 2 bridgehead atoms. The van der Waals surface area contributed by atoms with Gasteiger partial charge in [-0.2, -0.15) is 0 Å². The highest BCUT2D eigenvalue weighted by Gasteiger charge is 2.63. The molecular weight excluding hydrogens is 584 g/mol. The van der Waals surface area contributed by atoms with Gasteiger partial charge in [-0.1, -0.05) is 194 Å². The van der Waals surface area contributed by atoms with Gasteiger partial charge in [0.15, 0.2) is 5.60 Å². The first kappa shape index (κ1) is 42.1. The van der Waals surface area contributed by atoms with E-state index in [9.17, 15) is 9.59 Å². The van der Waals surface area contributed by atoms with E-state index in [4.69, 9.17) is 14.2 Å². The van der Waals surface area contributed by atoms with Crippen molar-refractivity contribution >= 4 is 11.9 Å². The first-order valence-electron chi connectivity index (χ1n) is 21.2. The minimum absolute atomic E-state index is 0.0907. The van der Waals surface area contributed by atoms with Crippen molar-refractivity contribution in [3.8, 4) is 0 Å². The molecule has 0 aromatic rings. The molecule has 2 heterocycles. The fourth-order valence-electron chi connectivity index (χ4n) is 7.69. The molecule has 1 saturated carbocycles. The molecule has 2 saturated heterocycles. The van der Waals surface area contributed by atoms with Crippen LogP contribution in [0.5, 0.6) is 0 Å². The molecule has 0 spiro atoms. The highest BCUT2D eigenvalue weighted by molar-refractivity contribution is 5.89. The predicted octanol–water partition coefficient (Wildman–Crippen LogP) is 12.8. The predicted molar refractivity (Wildman–Crippen MR) is 197 cm³/mol. The second-order valence-electron chi connectivity index (χ2n) is 15.2. The van der Waals surface area contributed by atoms with Crippen molar-refractivity contribution in [1.29, 1.82) is 0 Å². The van der Waals surface area contributed by atoms with Gasteiger partial charge < -0.3 is 14.2 Å². The molecule has 0 radical (unpaired) electrons. The summed E-state index contributed by atoms with van der Waals surface area (Å²) in [6.07, 6.45) is 41.6. The van der Waals surface area contributed by atoms with Crippen molar-refractivity contribution in [2.45, 2.75) is 237 Å². The summed E-state index contributed by atoms with van der Waals surface area (Å²) < 4.78 is 17.3. The third kappa shape index (κ3) is 19.0. The second kappa shape index (κ2) is 28.7. The second-order valence-corrected chi connectivity index (χ2v) is 15.2. The Hall–Kier alpha value is -1.10. The lowest BCUT2D eigenvalue weighted by atomic mass is 9.69. The standard InChI is InChI=1S/C42H78O5/c1-3-5-7-9-11-13-15-17-19-21-23-25-27-29-31-35-45-40(43)39-34-33-38-37-42(39,47-38)41(44)46-36-32-30-28-26-24-22-20-18-16-14-12-10-8-6-4-2/h38-39H,3-37H2,1-2H3. The van der Waals surface area contributed by atoms with Gasteiger partial charge in [-0.3, -0.25) is 4.79 Å². The van der Waals surface area contributed by atoms with Gasteiger partial charge in [0.1, 0.15) is 0 Å². The summed E-state index contributed by atoms with van der Waals surface area (Å²) in [7, 11) is 0. The van der Waals surface area contributed by atoms with Gasteiger partial charge in [-0.05, 0) is 25.7 Å². The maximum atomic E-state index is 13.1. The molecule has 3 atom stereocenters. The van der Waals surface area contributed by atoms with E-state index in [1.165, 1.54) is 167 Å². The zero-order chi connectivity index (χ0) is 33.7. The Morgan fingerprint density at radius 1 is 0.489 bits per heavy atom. The topological polar surface area (TPSA) is 61.8 Å². The van der Waals surface area contributed by atoms with E-state index in [2.05, 4.69) is 13.8 Å². The van der Waals surface area contributed by atoms with Gasteiger partial charge in [0.25, 0.3) is 0 Å². The van der Waals surface area contributed by atoms with E-state index < -0.39 is 11.5 Å². The van der Waals surface area contributed by atoms with Crippen molar-refractivity contribution in [3.63, 3.8) is 0 Å². The van der Waals surface area contributed by atoms with Crippen LogP contribution in [0.3, 0.4) is 0 Å². The molecule has 47 heavy (non-hydrogen) atoms. The molecule has 3 fully saturated rings. The average Bonchev–Trinajstić information content (AvgIpc) is 3.07. The maximum Gasteiger partial charge on any atom is 0.339 e. The Morgan fingerprint density at radius 3 is 1.17 bits per heavy atom. The normalized spacial score (nSPS) is 20.2. The first-order chi connectivity index (χ1) is 23.1. The zero-order valence-electron chi connectivity index (χ0n) is 31.4. The van der Waals surface area contributed by atoms with Crippen molar-refractivity contribution < 1.29 is 23.8 Å². The van der Waals surface area contributed by atoms with Crippen molar-refractivity contribution in [2.75, 3.05) is 13.2 Å². The van der Waals surface area contributed by atoms with Crippen LogP contribution < -0.4 is 0 Å². The number of unbranched alkanes of at least 4 members (excludes halogenated alkanes) is 28. The molecule has 0 aromatic heterocycles. The number of rotatable bonds is 34. The quantitative estimate of drug-likeness (QED) is 0.0507. The average molecular weight is 663 g/mol. The van der Waals surface area contributed by atoms with E-state index in [1.807, 2.05) is 0 Å². The number of esters is 2. The van der Waals surface area contributed by atoms with Crippen LogP contribution in [0.15, 0.2) is 0 Å². The summed E-state index contributed by atoms with van der Waals surface area (Å²) in [6, 6.07) is 0. The van der Waals surface area contributed by atoms with Gasteiger partial charge in [0, 0.05) is 6.42 Å². The summed E-state index contributed by atoms with van der Waals surface area (Å²) in [6.45, 7) is 5.43. The molecular formula is C42H78O5. The van der Waals surface area contributed by atoms with E-state index >= 15 is 0 Å². The van der Waals surface area contributed by atoms with Crippen molar-refractivity contribution in [2.24, 2.45) is 5.92 Å². The molecule has 2 aliphatic heterocycles. The maximum absolute atomic E-state index is 13.1. The Morgan fingerprint density at radius 2 is 0.809 bits per heavy atom. The van der Waals surface area contributed by atoms with Crippen molar-refractivity contribution in [3.05, 3.63) is 0 Å². The summed E-state index contributed by atoms with van der Waals surface area (Å²) in [5, 5.41) is 0. The van der Waals surface area contributed by atoms with Crippen LogP contribution in [0.2, 0.25) is 0 Å². The molecule has 5 heteroatoms. The smallest absolute Gasteiger partial charge is 0.339 e. The van der Waals surface area contributed by atoms with Gasteiger partial charge in [0.2, 0.25) is 0 Å². The monoisotopic (exact) mass is 663 g/mol. The van der Waals surface area contributed by atoms with Crippen LogP contribution in [0, 0.1) is 5.92 Å². The SMILES string of the molecule is CCCCCCCCCCCCCCCCCOC(=O)C1CCC2CC1(C(=O)OCCCCCCCCCCCCCCCCC)O2. The number of fused-ring (bicyclic) bond motifs is 2. The van der Waals surface area contributed by atoms with Crippen LogP contribution in [0.1, 0.15) is 226 Å². The Bertz CT molecular complexity index is 745. The summed E-state index contributed by atoms with van der Waals surface area (Å²) in [5.74, 6) is -1.12. The number of hydrogen-bond donors (Lipinski definition) is 0. The molecule has 3 unspecified atom stereocenters. The fraction of sp³-hybridized carbons (Fsp3) is 0.952. The Balaban J connectivity index is 1.42. The van der Waals surface area contributed by atoms with Crippen molar-refractivity contribution in [1.82, 2.24) is 0 Å². The largest absolute Gasteiger partial charge is 0.465 e.